The van der Waals surface area contributed by atoms with Gasteiger partial charge in [-0.25, -0.2) is 4.79 Å². The van der Waals surface area contributed by atoms with Gasteiger partial charge in [0.15, 0.2) is 0 Å². The molecule has 1 heterocycles. The third-order valence-corrected chi connectivity index (χ3v) is 3.27. The summed E-state index contributed by atoms with van der Waals surface area (Å²) in [6, 6.07) is 0.287. The van der Waals surface area contributed by atoms with Gasteiger partial charge in [-0.1, -0.05) is 18.8 Å². The highest BCUT2D eigenvalue weighted by molar-refractivity contribution is 5.74. The fourth-order valence-electron chi connectivity index (χ4n) is 1.72. The van der Waals surface area contributed by atoms with Crippen LogP contribution in [0.1, 0.15) is 40.5 Å². The first-order chi connectivity index (χ1) is 8.46. The van der Waals surface area contributed by atoms with Crippen molar-refractivity contribution in [2.45, 2.75) is 52.6 Å². The highest BCUT2D eigenvalue weighted by Crippen LogP contribution is 2.18. The molecule has 102 valence electrons. The van der Waals surface area contributed by atoms with Crippen molar-refractivity contribution in [3.8, 4) is 11.8 Å². The van der Waals surface area contributed by atoms with Crippen molar-refractivity contribution >= 4 is 6.03 Å². The summed E-state index contributed by atoms with van der Waals surface area (Å²) in [6.07, 6.45) is 1.93. The number of hydrogen-bond acceptors (Lipinski definition) is 2. The van der Waals surface area contributed by atoms with Gasteiger partial charge in [0, 0.05) is 24.5 Å². The highest BCUT2D eigenvalue weighted by atomic mass is 16.2. The van der Waals surface area contributed by atoms with Crippen LogP contribution in [0.4, 0.5) is 4.79 Å². The van der Waals surface area contributed by atoms with Crippen LogP contribution in [0.15, 0.2) is 0 Å². The molecule has 1 saturated heterocycles. The number of hydrogen-bond donors (Lipinski definition) is 3. The highest BCUT2D eigenvalue weighted by Gasteiger charge is 2.24. The Bertz CT molecular complexity index is 341. The molecule has 1 aliphatic rings. The van der Waals surface area contributed by atoms with Crippen molar-refractivity contribution in [1.82, 2.24) is 16.0 Å². The van der Waals surface area contributed by atoms with Gasteiger partial charge in [-0.3, -0.25) is 0 Å². The number of amides is 2. The third kappa shape index (κ3) is 4.97. The smallest absolute Gasteiger partial charge is 0.315 e. The molecule has 1 rings (SSSR count). The minimum atomic E-state index is -0.0909. The molecule has 3 N–H and O–H groups in total. The van der Waals surface area contributed by atoms with Gasteiger partial charge in [-0.15, -0.1) is 0 Å². The molecular formula is C14H25N3O. The summed E-state index contributed by atoms with van der Waals surface area (Å²) in [5, 5.41) is 9.01. The average Bonchev–Trinajstić information content (AvgIpc) is 2.75. The lowest BCUT2D eigenvalue weighted by molar-refractivity contribution is 0.238. The fraction of sp³-hybridized carbons (Fsp3) is 0.786. The van der Waals surface area contributed by atoms with E-state index in [1.165, 1.54) is 0 Å². The maximum absolute atomic E-state index is 11.4. The number of carbonyl (C=O) groups excluding carboxylic acids is 1. The quantitative estimate of drug-likeness (QED) is 0.665. The zero-order valence-corrected chi connectivity index (χ0v) is 11.9. The van der Waals surface area contributed by atoms with Gasteiger partial charge >= 0.3 is 6.03 Å². The zero-order valence-electron chi connectivity index (χ0n) is 11.9. The molecule has 0 bridgehead atoms. The number of nitrogens with one attached hydrogen (secondary N) is 3. The van der Waals surface area contributed by atoms with Crippen LogP contribution in [0, 0.1) is 17.3 Å². The molecule has 4 heteroatoms. The van der Waals surface area contributed by atoms with E-state index in [-0.39, 0.29) is 23.5 Å². The number of urea groups is 1. The van der Waals surface area contributed by atoms with E-state index in [4.69, 9.17) is 0 Å². The summed E-state index contributed by atoms with van der Waals surface area (Å²) < 4.78 is 0. The van der Waals surface area contributed by atoms with Crippen molar-refractivity contribution < 1.29 is 4.79 Å². The summed E-state index contributed by atoms with van der Waals surface area (Å²) >= 11 is 0. The Kier molecular flexibility index (Phi) is 5.49. The minimum Gasteiger partial charge on any atom is -0.338 e. The first-order valence-electron chi connectivity index (χ1n) is 6.77. The van der Waals surface area contributed by atoms with Gasteiger partial charge in [0.1, 0.15) is 0 Å². The lowest BCUT2D eigenvalue weighted by Crippen LogP contribution is -2.42. The fourth-order valence-corrected chi connectivity index (χ4v) is 1.72. The van der Waals surface area contributed by atoms with Crippen molar-refractivity contribution in [2.24, 2.45) is 5.41 Å². The van der Waals surface area contributed by atoms with Crippen molar-refractivity contribution in [2.75, 3.05) is 13.1 Å². The molecule has 0 spiro atoms. The molecule has 0 saturated carbocycles. The Morgan fingerprint density at radius 2 is 2.17 bits per heavy atom. The van der Waals surface area contributed by atoms with Crippen LogP contribution in [0.3, 0.4) is 0 Å². The topological polar surface area (TPSA) is 53.2 Å². The average molecular weight is 251 g/mol. The van der Waals surface area contributed by atoms with Gasteiger partial charge in [-0.2, -0.15) is 0 Å². The van der Waals surface area contributed by atoms with Crippen LogP contribution in [0.25, 0.3) is 0 Å². The molecule has 1 unspecified atom stereocenters. The number of carbonyl (C=O) groups is 1. The molecule has 18 heavy (non-hydrogen) atoms. The third-order valence-electron chi connectivity index (χ3n) is 3.27. The second-order valence-electron chi connectivity index (χ2n) is 5.40. The van der Waals surface area contributed by atoms with E-state index in [2.05, 4.69) is 48.6 Å². The Morgan fingerprint density at radius 3 is 2.78 bits per heavy atom. The monoisotopic (exact) mass is 251 g/mol. The van der Waals surface area contributed by atoms with Crippen LogP contribution < -0.4 is 16.0 Å². The molecule has 2 amide bonds. The van der Waals surface area contributed by atoms with Gasteiger partial charge in [0.2, 0.25) is 0 Å². The van der Waals surface area contributed by atoms with E-state index in [0.717, 1.165) is 19.4 Å². The largest absolute Gasteiger partial charge is 0.338 e. The Labute approximate surface area is 110 Å². The molecule has 1 aliphatic heterocycles. The summed E-state index contributed by atoms with van der Waals surface area (Å²) in [5.74, 6) is 6.58. The van der Waals surface area contributed by atoms with E-state index in [0.29, 0.717) is 6.54 Å². The van der Waals surface area contributed by atoms with Gasteiger partial charge < -0.3 is 16.0 Å². The van der Waals surface area contributed by atoms with E-state index in [1.807, 2.05) is 6.92 Å². The maximum Gasteiger partial charge on any atom is 0.315 e. The molecule has 1 fully saturated rings. The molecule has 4 nitrogen and oxygen atoms in total. The Hall–Kier alpha value is -1.21. The van der Waals surface area contributed by atoms with E-state index >= 15 is 0 Å². The van der Waals surface area contributed by atoms with Crippen LogP contribution in [-0.2, 0) is 0 Å². The first kappa shape index (κ1) is 14.8. The van der Waals surface area contributed by atoms with Crippen LogP contribution in [-0.4, -0.2) is 31.2 Å². The summed E-state index contributed by atoms with van der Waals surface area (Å²) in [4.78, 5) is 11.4. The van der Waals surface area contributed by atoms with Crippen LogP contribution >= 0.6 is 0 Å². The molecule has 0 aromatic carbocycles. The molecule has 0 radical (unpaired) electrons. The molecule has 0 aliphatic carbocycles. The molecule has 0 aromatic rings. The predicted molar refractivity (Wildman–Crippen MR) is 74.3 cm³/mol. The van der Waals surface area contributed by atoms with Crippen molar-refractivity contribution in [1.29, 1.82) is 0 Å². The van der Waals surface area contributed by atoms with Crippen molar-refractivity contribution in [3.63, 3.8) is 0 Å². The lowest BCUT2D eigenvalue weighted by atomic mass is 9.91. The van der Waals surface area contributed by atoms with E-state index < -0.39 is 0 Å². The van der Waals surface area contributed by atoms with Gasteiger partial charge in [0.25, 0.3) is 0 Å². The maximum atomic E-state index is 11.4. The summed E-state index contributed by atoms with van der Waals surface area (Å²) in [5.41, 5.74) is 0.0762. The lowest BCUT2D eigenvalue weighted by Gasteiger charge is -2.14. The van der Waals surface area contributed by atoms with Gasteiger partial charge in [0.05, 0.1) is 6.04 Å². The summed E-state index contributed by atoms with van der Waals surface area (Å²) in [7, 11) is 0. The van der Waals surface area contributed by atoms with E-state index in [9.17, 15) is 4.79 Å². The molecule has 2 atom stereocenters. The molecule has 0 aromatic heterocycles. The van der Waals surface area contributed by atoms with Gasteiger partial charge in [-0.05, 0) is 33.6 Å². The minimum absolute atomic E-state index is 0.0762. The first-order valence-corrected chi connectivity index (χ1v) is 6.77. The number of rotatable bonds is 3. The second kappa shape index (κ2) is 6.65. The van der Waals surface area contributed by atoms with Crippen LogP contribution in [0.5, 0.6) is 0 Å². The predicted octanol–water partition coefficient (Wildman–Crippen LogP) is 1.48. The Balaban J connectivity index is 2.40. The summed E-state index contributed by atoms with van der Waals surface area (Å²) in [6.45, 7) is 9.81. The standard InChI is InChI=1S/C14H25N3O/c1-5-14(3,4)8-7-11-9-12(10-16-11)17-13(18)15-6-2/h11-12,16H,5-6,9-10H2,1-4H3,(H2,15,17,18)/t11?,12-/m0/s1. The second-order valence-corrected chi connectivity index (χ2v) is 5.40. The van der Waals surface area contributed by atoms with E-state index in [1.54, 1.807) is 0 Å². The van der Waals surface area contributed by atoms with Crippen molar-refractivity contribution in [3.05, 3.63) is 0 Å². The molecular weight excluding hydrogens is 226 g/mol. The normalized spacial score (nSPS) is 23.1. The Morgan fingerprint density at radius 1 is 1.44 bits per heavy atom. The zero-order chi connectivity index (χ0) is 13.6. The van der Waals surface area contributed by atoms with Crippen LogP contribution in [0.2, 0.25) is 0 Å². The SMILES string of the molecule is CCNC(=O)N[C@@H]1CNC(C#CC(C)(C)CC)C1.